The van der Waals surface area contributed by atoms with Gasteiger partial charge in [0, 0.05) is 18.7 Å². The second-order valence-corrected chi connectivity index (χ2v) is 4.91. The van der Waals surface area contributed by atoms with Crippen LogP contribution in [0.15, 0.2) is 11.6 Å². The van der Waals surface area contributed by atoms with Gasteiger partial charge in [-0.2, -0.15) is 0 Å². The molecule has 84 valence electrons. The minimum atomic E-state index is 0.291. The largest absolute Gasteiger partial charge is 0.339 e. The summed E-state index contributed by atoms with van der Waals surface area (Å²) in [6.07, 6.45) is 4.70. The lowest BCUT2D eigenvalue weighted by molar-refractivity contribution is -0.127. The van der Waals surface area contributed by atoms with Gasteiger partial charge in [-0.15, -0.1) is 0 Å². The molecule has 0 aromatic carbocycles. The molecule has 1 saturated carbocycles. The number of fused-ring (bicyclic) bond motifs is 2. The highest BCUT2D eigenvalue weighted by atomic mass is 16.2. The number of amides is 1. The molecular formula is C13H21NO. The summed E-state index contributed by atoms with van der Waals surface area (Å²) in [5.41, 5.74) is 1.11. The number of carbonyl (C=O) groups excluding carboxylic acids is 1. The predicted octanol–water partition coefficient (Wildman–Crippen LogP) is 2.46. The molecule has 0 spiro atoms. The maximum Gasteiger partial charge on any atom is 0.249 e. The Bertz CT molecular complexity index is 291. The van der Waals surface area contributed by atoms with Crippen molar-refractivity contribution in [1.29, 1.82) is 0 Å². The van der Waals surface area contributed by atoms with Gasteiger partial charge in [-0.1, -0.05) is 13.0 Å². The summed E-state index contributed by atoms with van der Waals surface area (Å²) in [7, 11) is 0. The Labute approximate surface area is 92.3 Å². The molecular weight excluding hydrogens is 186 g/mol. The van der Waals surface area contributed by atoms with E-state index in [1.54, 1.807) is 0 Å². The van der Waals surface area contributed by atoms with Gasteiger partial charge < -0.3 is 4.90 Å². The number of rotatable bonds is 3. The normalized spacial score (nSPS) is 33.0. The molecule has 2 heteroatoms. The van der Waals surface area contributed by atoms with Crippen LogP contribution in [0.25, 0.3) is 0 Å². The minimum Gasteiger partial charge on any atom is -0.339 e. The summed E-state index contributed by atoms with van der Waals surface area (Å²) in [6, 6.07) is 0. The fraction of sp³-hybridized carbons (Fsp3) is 0.769. The molecule has 2 bridgehead atoms. The molecule has 0 aromatic heterocycles. The summed E-state index contributed by atoms with van der Waals surface area (Å²) in [5, 5.41) is 0. The number of hydrogen-bond donors (Lipinski definition) is 0. The van der Waals surface area contributed by atoms with Crippen LogP contribution in [0.2, 0.25) is 0 Å². The van der Waals surface area contributed by atoms with Gasteiger partial charge in [0.1, 0.15) is 0 Å². The van der Waals surface area contributed by atoms with Crippen molar-refractivity contribution in [2.24, 2.45) is 17.8 Å². The molecule has 2 nitrogen and oxygen atoms in total. The Morgan fingerprint density at radius 2 is 2.07 bits per heavy atom. The van der Waals surface area contributed by atoms with Gasteiger partial charge in [0.05, 0.1) is 0 Å². The average Bonchev–Trinajstić information content (AvgIpc) is 2.77. The highest BCUT2D eigenvalue weighted by Crippen LogP contribution is 2.47. The molecule has 0 aliphatic heterocycles. The summed E-state index contributed by atoms with van der Waals surface area (Å²) >= 11 is 0. The highest BCUT2D eigenvalue weighted by Gasteiger charge is 2.41. The zero-order valence-corrected chi connectivity index (χ0v) is 9.99. The molecule has 2 aliphatic rings. The van der Waals surface area contributed by atoms with Crippen LogP contribution < -0.4 is 0 Å². The van der Waals surface area contributed by atoms with E-state index < -0.39 is 0 Å². The number of hydrogen-bond acceptors (Lipinski definition) is 1. The molecule has 0 N–H and O–H groups in total. The van der Waals surface area contributed by atoms with Gasteiger partial charge >= 0.3 is 0 Å². The first-order chi connectivity index (χ1) is 7.17. The van der Waals surface area contributed by atoms with Gasteiger partial charge in [-0.3, -0.25) is 4.79 Å². The third-order valence-electron chi connectivity index (χ3n) is 4.07. The maximum atomic E-state index is 12.2. The second-order valence-electron chi connectivity index (χ2n) is 4.91. The van der Waals surface area contributed by atoms with E-state index in [0.29, 0.717) is 17.7 Å². The first kappa shape index (κ1) is 10.7. The number of allylic oxidation sites excluding steroid dienone is 1. The van der Waals surface area contributed by atoms with Crippen LogP contribution in [0.1, 0.15) is 33.6 Å². The zero-order chi connectivity index (χ0) is 11.0. The van der Waals surface area contributed by atoms with Gasteiger partial charge in [-0.05, 0) is 44.4 Å². The standard InChI is InChI=1S/C13H21NO/c1-4-14(5-2)13(15)12-8-10-7-11(12)6-9(10)3/h8-11H,4-7H2,1-3H3/t9-,10-,11-/m1/s1. The SMILES string of the molecule is CCN(CC)C(=O)C1=C[C@H]2C[C@H]1C[C@H]2C. The van der Waals surface area contributed by atoms with Crippen molar-refractivity contribution >= 4 is 5.91 Å². The summed E-state index contributed by atoms with van der Waals surface area (Å²) in [4.78, 5) is 14.1. The Balaban J connectivity index is 2.10. The van der Waals surface area contributed by atoms with Crippen molar-refractivity contribution in [2.45, 2.75) is 33.6 Å². The molecule has 0 aromatic rings. The highest BCUT2D eigenvalue weighted by molar-refractivity contribution is 5.94. The van der Waals surface area contributed by atoms with E-state index in [2.05, 4.69) is 26.8 Å². The lowest BCUT2D eigenvalue weighted by atomic mass is 9.90. The first-order valence-electron chi connectivity index (χ1n) is 6.18. The third kappa shape index (κ3) is 1.70. The monoisotopic (exact) mass is 207 g/mol. The van der Waals surface area contributed by atoms with Crippen LogP contribution in [0.3, 0.4) is 0 Å². The van der Waals surface area contributed by atoms with Crippen LogP contribution in [0, 0.1) is 17.8 Å². The minimum absolute atomic E-state index is 0.291. The molecule has 1 amide bonds. The second kappa shape index (κ2) is 3.99. The molecule has 0 heterocycles. The fourth-order valence-electron chi connectivity index (χ4n) is 3.07. The Morgan fingerprint density at radius 3 is 2.47 bits per heavy atom. The average molecular weight is 207 g/mol. The summed E-state index contributed by atoms with van der Waals surface area (Å²) in [6.45, 7) is 8.08. The van der Waals surface area contributed by atoms with Gasteiger partial charge in [-0.25, -0.2) is 0 Å². The van der Waals surface area contributed by atoms with Gasteiger partial charge in [0.15, 0.2) is 0 Å². The zero-order valence-electron chi connectivity index (χ0n) is 9.99. The maximum absolute atomic E-state index is 12.2. The quantitative estimate of drug-likeness (QED) is 0.696. The molecule has 0 saturated heterocycles. The molecule has 3 atom stereocenters. The lowest BCUT2D eigenvalue weighted by Gasteiger charge is -2.24. The Morgan fingerprint density at radius 1 is 1.40 bits per heavy atom. The van der Waals surface area contributed by atoms with Crippen molar-refractivity contribution in [1.82, 2.24) is 4.90 Å². The lowest BCUT2D eigenvalue weighted by Crippen LogP contribution is -2.33. The van der Waals surface area contributed by atoms with Crippen LogP contribution in [-0.2, 0) is 4.79 Å². The summed E-state index contributed by atoms with van der Waals surface area (Å²) in [5.74, 6) is 2.34. The molecule has 1 fully saturated rings. The van der Waals surface area contributed by atoms with E-state index in [1.807, 2.05) is 4.90 Å². The predicted molar refractivity (Wildman–Crippen MR) is 61.4 cm³/mol. The molecule has 15 heavy (non-hydrogen) atoms. The van der Waals surface area contributed by atoms with Crippen LogP contribution >= 0.6 is 0 Å². The van der Waals surface area contributed by atoms with Crippen molar-refractivity contribution < 1.29 is 4.79 Å². The smallest absolute Gasteiger partial charge is 0.249 e. The van der Waals surface area contributed by atoms with Crippen molar-refractivity contribution in [2.75, 3.05) is 13.1 Å². The van der Waals surface area contributed by atoms with E-state index in [0.717, 1.165) is 24.6 Å². The number of nitrogens with zero attached hydrogens (tertiary/aromatic N) is 1. The van der Waals surface area contributed by atoms with E-state index in [4.69, 9.17) is 0 Å². The molecule has 0 radical (unpaired) electrons. The van der Waals surface area contributed by atoms with Crippen molar-refractivity contribution in [3.63, 3.8) is 0 Å². The van der Waals surface area contributed by atoms with Gasteiger partial charge in [0.25, 0.3) is 0 Å². The van der Waals surface area contributed by atoms with Crippen LogP contribution in [-0.4, -0.2) is 23.9 Å². The topological polar surface area (TPSA) is 20.3 Å². The van der Waals surface area contributed by atoms with Crippen molar-refractivity contribution in [3.8, 4) is 0 Å². The molecule has 2 aliphatic carbocycles. The van der Waals surface area contributed by atoms with E-state index in [9.17, 15) is 4.79 Å². The summed E-state index contributed by atoms with van der Waals surface area (Å²) < 4.78 is 0. The van der Waals surface area contributed by atoms with Gasteiger partial charge in [0.2, 0.25) is 5.91 Å². The van der Waals surface area contributed by atoms with Crippen molar-refractivity contribution in [3.05, 3.63) is 11.6 Å². The molecule has 2 rings (SSSR count). The fourth-order valence-corrected chi connectivity index (χ4v) is 3.07. The number of likely N-dealkylation sites (N-methyl/N-ethyl adjacent to an activating group) is 1. The Hall–Kier alpha value is -0.790. The van der Waals surface area contributed by atoms with E-state index >= 15 is 0 Å². The van der Waals surface area contributed by atoms with E-state index in [-0.39, 0.29) is 0 Å². The number of carbonyl (C=O) groups is 1. The van der Waals surface area contributed by atoms with Crippen LogP contribution in [0.4, 0.5) is 0 Å². The third-order valence-corrected chi connectivity index (χ3v) is 4.07. The van der Waals surface area contributed by atoms with E-state index in [1.165, 1.54) is 12.8 Å². The molecule has 0 unspecified atom stereocenters. The Kier molecular flexibility index (Phi) is 2.85. The first-order valence-corrected chi connectivity index (χ1v) is 6.18. The van der Waals surface area contributed by atoms with Crippen LogP contribution in [0.5, 0.6) is 0 Å².